The van der Waals surface area contributed by atoms with Crippen LogP contribution in [0, 0.1) is 4.77 Å². The predicted molar refractivity (Wildman–Crippen MR) is 107 cm³/mol. The van der Waals surface area contributed by atoms with Crippen LogP contribution in [0.1, 0.15) is 28.9 Å². The molecule has 28 heavy (non-hydrogen) atoms. The van der Waals surface area contributed by atoms with Gasteiger partial charge >= 0.3 is 0 Å². The fourth-order valence-electron chi connectivity index (χ4n) is 3.39. The van der Waals surface area contributed by atoms with Crippen molar-refractivity contribution in [3.05, 3.63) is 57.1 Å². The van der Waals surface area contributed by atoms with E-state index in [1.807, 2.05) is 0 Å². The monoisotopic (exact) mass is 399 g/mol. The first-order valence-corrected chi connectivity index (χ1v) is 9.66. The highest BCUT2D eigenvalue weighted by Crippen LogP contribution is 2.15. The second kappa shape index (κ2) is 8.07. The minimum Gasteiger partial charge on any atom is -0.376 e. The van der Waals surface area contributed by atoms with Gasteiger partial charge in [-0.3, -0.25) is 14.2 Å². The van der Waals surface area contributed by atoms with Crippen LogP contribution in [0.15, 0.2) is 35.5 Å². The number of H-pyrrole nitrogens is 2. The molecule has 3 aromatic rings. The summed E-state index contributed by atoms with van der Waals surface area (Å²) in [5.41, 5.74) is 1.81. The zero-order valence-corrected chi connectivity index (χ0v) is 16.1. The van der Waals surface area contributed by atoms with E-state index in [1.165, 1.54) is 4.57 Å². The summed E-state index contributed by atoms with van der Waals surface area (Å²) in [6, 6.07) is 4.98. The number of hydrogen-bond donors (Lipinski definition) is 3. The molecule has 0 spiro atoms. The van der Waals surface area contributed by atoms with Crippen molar-refractivity contribution in [1.29, 1.82) is 0 Å². The summed E-state index contributed by atoms with van der Waals surface area (Å²) in [5.74, 6) is -0.204. The topological polar surface area (TPSA) is 105 Å². The first-order valence-electron chi connectivity index (χ1n) is 9.26. The lowest BCUT2D eigenvalue weighted by Gasteiger charge is -2.13. The Kier molecular flexibility index (Phi) is 5.36. The van der Waals surface area contributed by atoms with Gasteiger partial charge in [0.05, 0.1) is 29.9 Å². The van der Waals surface area contributed by atoms with E-state index in [1.54, 1.807) is 30.7 Å². The summed E-state index contributed by atoms with van der Waals surface area (Å²) in [6.45, 7) is 1.65. The first-order chi connectivity index (χ1) is 13.6. The third-order valence-electron chi connectivity index (χ3n) is 4.89. The highest BCUT2D eigenvalue weighted by Gasteiger charge is 2.18. The Bertz CT molecular complexity index is 1100. The molecule has 1 aromatic carbocycles. The van der Waals surface area contributed by atoms with Gasteiger partial charge in [-0.05, 0) is 43.3 Å². The Morgan fingerprint density at radius 3 is 3.07 bits per heavy atom. The maximum Gasteiger partial charge on any atom is 0.262 e. The molecule has 2 aromatic heterocycles. The molecule has 0 radical (unpaired) electrons. The number of carbonyl (C=O) groups excluding carboxylic acids is 1. The summed E-state index contributed by atoms with van der Waals surface area (Å²) >= 11 is 5.37. The molecule has 9 heteroatoms. The molecule has 1 atom stereocenters. The molecule has 146 valence electrons. The van der Waals surface area contributed by atoms with E-state index in [4.69, 9.17) is 17.0 Å². The van der Waals surface area contributed by atoms with Crippen molar-refractivity contribution in [1.82, 2.24) is 24.8 Å². The van der Waals surface area contributed by atoms with Crippen LogP contribution in [0.4, 0.5) is 0 Å². The number of aromatic amines is 2. The maximum atomic E-state index is 12.8. The predicted octanol–water partition coefficient (Wildman–Crippen LogP) is 1.93. The maximum absolute atomic E-state index is 12.8. The number of benzene rings is 1. The minimum absolute atomic E-state index is 0.0187. The van der Waals surface area contributed by atoms with Crippen LogP contribution in [-0.4, -0.2) is 44.7 Å². The van der Waals surface area contributed by atoms with Gasteiger partial charge in [0.25, 0.3) is 11.5 Å². The number of nitrogens with one attached hydrogen (secondary N) is 3. The van der Waals surface area contributed by atoms with E-state index in [9.17, 15) is 9.59 Å². The van der Waals surface area contributed by atoms with Gasteiger partial charge < -0.3 is 20.0 Å². The van der Waals surface area contributed by atoms with Gasteiger partial charge in [-0.25, -0.2) is 4.98 Å². The number of rotatable bonds is 6. The van der Waals surface area contributed by atoms with E-state index in [-0.39, 0.29) is 17.6 Å². The zero-order chi connectivity index (χ0) is 19.5. The molecule has 8 nitrogen and oxygen atoms in total. The van der Waals surface area contributed by atoms with Crippen molar-refractivity contribution in [2.45, 2.75) is 31.9 Å². The third kappa shape index (κ3) is 3.90. The van der Waals surface area contributed by atoms with Crippen molar-refractivity contribution in [3.63, 3.8) is 0 Å². The molecule has 0 aliphatic carbocycles. The van der Waals surface area contributed by atoms with E-state index in [0.29, 0.717) is 40.7 Å². The molecule has 0 saturated carbocycles. The summed E-state index contributed by atoms with van der Waals surface area (Å²) < 4.78 is 7.49. The first kappa shape index (κ1) is 18.6. The van der Waals surface area contributed by atoms with E-state index in [2.05, 4.69) is 20.3 Å². The molecule has 0 bridgehead atoms. The van der Waals surface area contributed by atoms with Crippen molar-refractivity contribution in [2.75, 3.05) is 13.2 Å². The van der Waals surface area contributed by atoms with Crippen molar-refractivity contribution in [2.24, 2.45) is 0 Å². The fourth-order valence-corrected chi connectivity index (χ4v) is 3.66. The lowest BCUT2D eigenvalue weighted by Crippen LogP contribution is -2.28. The van der Waals surface area contributed by atoms with Crippen LogP contribution in [0.2, 0.25) is 0 Å². The Morgan fingerprint density at radius 1 is 1.43 bits per heavy atom. The van der Waals surface area contributed by atoms with Crippen molar-refractivity contribution < 1.29 is 9.53 Å². The fraction of sp³-hybridized carbons (Fsp3) is 0.368. The average molecular weight is 399 g/mol. The molecule has 3 N–H and O–H groups in total. The number of ether oxygens (including phenoxy) is 1. The standard InChI is InChI=1S/C19H21N5O3S/c25-17(21-6-5-13-9-20-11-22-13)12-3-4-15-16(8-12)23-19(28)24(18(15)26)10-14-2-1-7-27-14/h3-4,8-9,11,14H,1-2,5-7,10H2,(H,20,22)(H,21,25)(H,23,28). The normalized spacial score (nSPS) is 16.5. The molecule has 1 aliphatic heterocycles. The number of hydrogen-bond acceptors (Lipinski definition) is 5. The molecular formula is C19H21N5O3S. The average Bonchev–Trinajstić information content (AvgIpc) is 3.38. The lowest BCUT2D eigenvalue weighted by atomic mass is 10.1. The molecule has 1 fully saturated rings. The highest BCUT2D eigenvalue weighted by atomic mass is 32.1. The largest absolute Gasteiger partial charge is 0.376 e. The Morgan fingerprint density at radius 2 is 2.32 bits per heavy atom. The van der Waals surface area contributed by atoms with Crippen LogP contribution in [0.25, 0.3) is 10.9 Å². The summed E-state index contributed by atoms with van der Waals surface area (Å²) in [5, 5.41) is 3.36. The SMILES string of the molecule is O=C(NCCc1cnc[nH]1)c1ccc2c(=O)n(CC3CCCO3)c(=S)[nH]c2c1. The van der Waals surface area contributed by atoms with Gasteiger partial charge in [0.1, 0.15) is 0 Å². The zero-order valence-electron chi connectivity index (χ0n) is 15.2. The number of imidazole rings is 1. The lowest BCUT2D eigenvalue weighted by molar-refractivity contribution is 0.0953. The van der Waals surface area contributed by atoms with Crippen LogP contribution < -0.4 is 10.9 Å². The van der Waals surface area contributed by atoms with Gasteiger partial charge in [0.2, 0.25) is 0 Å². The van der Waals surface area contributed by atoms with E-state index < -0.39 is 0 Å². The number of amides is 1. The van der Waals surface area contributed by atoms with Gasteiger partial charge in [0.15, 0.2) is 4.77 Å². The quantitative estimate of drug-likeness (QED) is 0.550. The van der Waals surface area contributed by atoms with Gasteiger partial charge in [-0.2, -0.15) is 0 Å². The number of fused-ring (bicyclic) bond motifs is 1. The van der Waals surface area contributed by atoms with Gasteiger partial charge in [-0.1, -0.05) is 0 Å². The van der Waals surface area contributed by atoms with Crippen molar-refractivity contribution in [3.8, 4) is 0 Å². The Balaban J connectivity index is 1.52. The molecular weight excluding hydrogens is 378 g/mol. The number of aromatic nitrogens is 4. The van der Waals surface area contributed by atoms with Crippen LogP contribution in [0.5, 0.6) is 0 Å². The summed E-state index contributed by atoms with van der Waals surface area (Å²) in [4.78, 5) is 35.3. The smallest absolute Gasteiger partial charge is 0.262 e. The Hall–Kier alpha value is -2.78. The molecule has 1 aliphatic rings. The van der Waals surface area contributed by atoms with Gasteiger partial charge in [-0.15, -0.1) is 0 Å². The summed E-state index contributed by atoms with van der Waals surface area (Å²) in [7, 11) is 0. The van der Waals surface area contributed by atoms with E-state index in [0.717, 1.165) is 25.1 Å². The highest BCUT2D eigenvalue weighted by molar-refractivity contribution is 7.71. The van der Waals surface area contributed by atoms with Crippen LogP contribution in [-0.2, 0) is 17.7 Å². The molecule has 1 unspecified atom stereocenters. The molecule has 4 rings (SSSR count). The van der Waals surface area contributed by atoms with Crippen LogP contribution in [0.3, 0.4) is 0 Å². The molecule has 1 saturated heterocycles. The summed E-state index contributed by atoms with van der Waals surface area (Å²) in [6.07, 6.45) is 5.94. The van der Waals surface area contributed by atoms with E-state index >= 15 is 0 Å². The molecule has 1 amide bonds. The Labute approximate surface area is 166 Å². The second-order valence-electron chi connectivity index (χ2n) is 6.82. The van der Waals surface area contributed by atoms with Crippen molar-refractivity contribution >= 4 is 29.0 Å². The molecule has 3 heterocycles. The minimum atomic E-state index is -0.204. The third-order valence-corrected chi connectivity index (χ3v) is 5.21. The van der Waals surface area contributed by atoms with Gasteiger partial charge in [0, 0.05) is 37.0 Å². The number of nitrogens with zero attached hydrogens (tertiary/aromatic N) is 2. The second-order valence-corrected chi connectivity index (χ2v) is 7.21. The van der Waals surface area contributed by atoms with Crippen LogP contribution >= 0.6 is 12.2 Å². The number of carbonyl (C=O) groups is 1.